The monoisotopic (exact) mass is 250 g/mol. The van der Waals surface area contributed by atoms with Gasteiger partial charge in [0.25, 0.3) is 5.91 Å². The molecular formula is C13H18N2O3. The fourth-order valence-electron chi connectivity index (χ4n) is 2.50. The van der Waals surface area contributed by atoms with Gasteiger partial charge < -0.3 is 15.4 Å². The van der Waals surface area contributed by atoms with Crippen LogP contribution in [0.1, 0.15) is 41.7 Å². The Hall–Kier alpha value is -1.62. The molecule has 1 fully saturated rings. The smallest absolute Gasteiger partial charge is 0.252 e. The van der Waals surface area contributed by atoms with Gasteiger partial charge in [-0.1, -0.05) is 12.8 Å². The molecule has 0 radical (unpaired) electrons. The maximum atomic E-state index is 12.1. The van der Waals surface area contributed by atoms with E-state index in [1.807, 2.05) is 0 Å². The number of aryl methyl sites for hydroxylation is 1. The molecule has 1 amide bonds. The lowest BCUT2D eigenvalue weighted by Crippen LogP contribution is -2.49. The molecule has 1 heterocycles. The molecule has 1 aliphatic rings. The molecule has 0 aromatic carbocycles. The summed E-state index contributed by atoms with van der Waals surface area (Å²) < 4.78 is 0. The van der Waals surface area contributed by atoms with Crippen LogP contribution in [0.25, 0.3) is 0 Å². The van der Waals surface area contributed by atoms with Crippen molar-refractivity contribution >= 4 is 5.91 Å². The van der Waals surface area contributed by atoms with Crippen LogP contribution in [0.15, 0.2) is 16.9 Å². The predicted octanol–water partition coefficient (Wildman–Crippen LogP) is 0.718. The highest BCUT2D eigenvalue weighted by Crippen LogP contribution is 2.29. The molecule has 3 N–H and O–H groups in total. The Morgan fingerprint density at radius 3 is 2.67 bits per heavy atom. The van der Waals surface area contributed by atoms with Gasteiger partial charge in [-0.2, -0.15) is 0 Å². The second-order valence-electron chi connectivity index (χ2n) is 5.02. The van der Waals surface area contributed by atoms with E-state index in [4.69, 9.17) is 0 Å². The molecule has 18 heavy (non-hydrogen) atoms. The summed E-state index contributed by atoms with van der Waals surface area (Å²) >= 11 is 0. The second-order valence-corrected chi connectivity index (χ2v) is 5.02. The van der Waals surface area contributed by atoms with Crippen molar-refractivity contribution in [2.45, 2.75) is 38.1 Å². The molecule has 1 aromatic heterocycles. The van der Waals surface area contributed by atoms with Crippen molar-refractivity contribution in [3.8, 4) is 0 Å². The number of rotatable bonds is 3. The fraction of sp³-hybridized carbons (Fsp3) is 0.538. The minimum Gasteiger partial charge on any atom is -0.394 e. The van der Waals surface area contributed by atoms with E-state index >= 15 is 0 Å². The van der Waals surface area contributed by atoms with E-state index in [-0.39, 0.29) is 18.1 Å². The molecule has 5 nitrogen and oxygen atoms in total. The third kappa shape index (κ3) is 2.61. The lowest BCUT2D eigenvalue weighted by Gasteiger charge is -2.27. The molecule has 0 unspecified atom stereocenters. The van der Waals surface area contributed by atoms with E-state index < -0.39 is 5.54 Å². The molecule has 98 valence electrons. The third-order valence-electron chi connectivity index (χ3n) is 3.48. The Balaban J connectivity index is 2.18. The largest absolute Gasteiger partial charge is 0.394 e. The highest BCUT2D eigenvalue weighted by Gasteiger charge is 2.34. The van der Waals surface area contributed by atoms with Gasteiger partial charge in [-0.15, -0.1) is 0 Å². The molecule has 0 aliphatic heterocycles. The molecule has 1 saturated carbocycles. The zero-order valence-corrected chi connectivity index (χ0v) is 10.5. The molecule has 1 aromatic rings. The predicted molar refractivity (Wildman–Crippen MR) is 67.6 cm³/mol. The molecule has 0 saturated heterocycles. The number of H-pyrrole nitrogens is 1. The third-order valence-corrected chi connectivity index (χ3v) is 3.48. The van der Waals surface area contributed by atoms with Crippen molar-refractivity contribution in [3.05, 3.63) is 33.7 Å². The summed E-state index contributed by atoms with van der Waals surface area (Å²) in [4.78, 5) is 26.0. The van der Waals surface area contributed by atoms with E-state index in [2.05, 4.69) is 10.3 Å². The number of hydrogen-bond donors (Lipinski definition) is 3. The number of carbonyl (C=O) groups is 1. The first kappa shape index (κ1) is 12.8. The Labute approximate surface area is 105 Å². The van der Waals surface area contributed by atoms with Crippen molar-refractivity contribution in [3.63, 3.8) is 0 Å². The van der Waals surface area contributed by atoms with Gasteiger partial charge >= 0.3 is 0 Å². The summed E-state index contributed by atoms with van der Waals surface area (Å²) in [6, 6.07) is 2.92. The SMILES string of the molecule is Cc1cc(C(=O)NC2(CO)CCCC2)cc(=O)[nH]1. The quantitative estimate of drug-likeness (QED) is 0.739. The zero-order chi connectivity index (χ0) is 13.2. The first-order valence-corrected chi connectivity index (χ1v) is 6.19. The van der Waals surface area contributed by atoms with Crippen LogP contribution in [0.3, 0.4) is 0 Å². The van der Waals surface area contributed by atoms with Gasteiger partial charge in [0, 0.05) is 17.3 Å². The van der Waals surface area contributed by atoms with Gasteiger partial charge in [-0.3, -0.25) is 9.59 Å². The number of pyridine rings is 1. The first-order chi connectivity index (χ1) is 8.54. The van der Waals surface area contributed by atoms with Crippen molar-refractivity contribution < 1.29 is 9.90 Å². The normalized spacial score (nSPS) is 17.7. The molecule has 0 atom stereocenters. The van der Waals surface area contributed by atoms with Gasteiger partial charge in [0.05, 0.1) is 12.1 Å². The minimum atomic E-state index is -0.506. The summed E-state index contributed by atoms with van der Waals surface area (Å²) in [6.45, 7) is 1.68. The maximum absolute atomic E-state index is 12.1. The molecule has 2 rings (SSSR count). The van der Waals surface area contributed by atoms with Gasteiger partial charge in [0.2, 0.25) is 5.56 Å². The summed E-state index contributed by atoms with van der Waals surface area (Å²) in [5, 5.41) is 12.3. The number of amides is 1. The van der Waals surface area contributed by atoms with E-state index in [1.165, 1.54) is 6.07 Å². The maximum Gasteiger partial charge on any atom is 0.252 e. The number of aliphatic hydroxyl groups is 1. The van der Waals surface area contributed by atoms with Crippen LogP contribution in [-0.4, -0.2) is 28.1 Å². The van der Waals surface area contributed by atoms with Crippen molar-refractivity contribution in [1.29, 1.82) is 0 Å². The average Bonchev–Trinajstić information content (AvgIpc) is 2.77. The first-order valence-electron chi connectivity index (χ1n) is 6.19. The molecule has 5 heteroatoms. The van der Waals surface area contributed by atoms with E-state index in [0.717, 1.165) is 25.7 Å². The van der Waals surface area contributed by atoms with Crippen LogP contribution >= 0.6 is 0 Å². The lowest BCUT2D eigenvalue weighted by molar-refractivity contribution is 0.0838. The van der Waals surface area contributed by atoms with E-state index in [9.17, 15) is 14.7 Å². The van der Waals surface area contributed by atoms with Gasteiger partial charge in [-0.25, -0.2) is 0 Å². The summed E-state index contributed by atoms with van der Waals surface area (Å²) in [5.41, 5.74) is 0.200. The van der Waals surface area contributed by atoms with Crippen LogP contribution in [0.5, 0.6) is 0 Å². The average molecular weight is 250 g/mol. The highest BCUT2D eigenvalue weighted by molar-refractivity contribution is 5.94. The highest BCUT2D eigenvalue weighted by atomic mass is 16.3. The summed E-state index contributed by atoms with van der Waals surface area (Å²) in [6.07, 6.45) is 3.60. The summed E-state index contributed by atoms with van der Waals surface area (Å²) in [5.74, 6) is -0.292. The van der Waals surface area contributed by atoms with E-state index in [1.54, 1.807) is 13.0 Å². The Morgan fingerprint density at radius 1 is 1.44 bits per heavy atom. The topological polar surface area (TPSA) is 82.2 Å². The van der Waals surface area contributed by atoms with Gasteiger partial charge in [0.15, 0.2) is 0 Å². The standard InChI is InChI=1S/C13H18N2O3/c1-9-6-10(7-11(17)14-9)12(18)15-13(8-16)4-2-3-5-13/h6-7,16H,2-5,8H2,1H3,(H,14,17)(H,15,18). The van der Waals surface area contributed by atoms with Crippen molar-refractivity contribution in [1.82, 2.24) is 10.3 Å². The Kier molecular flexibility index (Phi) is 3.52. The molecular weight excluding hydrogens is 232 g/mol. The number of carbonyl (C=O) groups excluding carboxylic acids is 1. The van der Waals surface area contributed by atoms with Crippen LogP contribution in [-0.2, 0) is 0 Å². The van der Waals surface area contributed by atoms with Gasteiger partial charge in [0.1, 0.15) is 0 Å². The van der Waals surface area contributed by atoms with Crippen LogP contribution < -0.4 is 10.9 Å². The lowest BCUT2D eigenvalue weighted by atomic mass is 9.98. The van der Waals surface area contributed by atoms with E-state index in [0.29, 0.717) is 11.3 Å². The zero-order valence-electron chi connectivity index (χ0n) is 10.5. The Morgan fingerprint density at radius 2 is 2.11 bits per heavy atom. The van der Waals surface area contributed by atoms with Crippen molar-refractivity contribution in [2.24, 2.45) is 0 Å². The number of aromatic nitrogens is 1. The minimum absolute atomic E-state index is 0.0546. The van der Waals surface area contributed by atoms with Crippen molar-refractivity contribution in [2.75, 3.05) is 6.61 Å². The number of nitrogens with one attached hydrogen (secondary N) is 2. The molecule has 0 spiro atoms. The number of hydrogen-bond acceptors (Lipinski definition) is 3. The van der Waals surface area contributed by atoms with Crippen LogP contribution in [0, 0.1) is 6.92 Å². The van der Waals surface area contributed by atoms with Gasteiger partial charge in [-0.05, 0) is 25.8 Å². The second kappa shape index (κ2) is 4.94. The fourth-order valence-corrected chi connectivity index (χ4v) is 2.50. The number of aliphatic hydroxyl groups excluding tert-OH is 1. The molecule has 0 bridgehead atoms. The molecule has 1 aliphatic carbocycles. The van der Waals surface area contributed by atoms with Crippen LogP contribution in [0.4, 0.5) is 0 Å². The van der Waals surface area contributed by atoms with Crippen LogP contribution in [0.2, 0.25) is 0 Å². The number of aromatic amines is 1. The summed E-state index contributed by atoms with van der Waals surface area (Å²) in [7, 11) is 0. The Bertz CT molecular complexity index is 501.